The predicted molar refractivity (Wildman–Crippen MR) is 87.5 cm³/mol. The molecular weight excluding hydrogens is 294 g/mol. The van der Waals surface area contributed by atoms with Crippen molar-refractivity contribution in [3.63, 3.8) is 0 Å². The SMILES string of the molecule is COC(=O)c1ccc(C(=O)OC(C)N(C)c2ccccc2)cc1. The van der Waals surface area contributed by atoms with Crippen LogP contribution in [-0.2, 0) is 9.47 Å². The van der Waals surface area contributed by atoms with Gasteiger partial charge in [-0.25, -0.2) is 9.59 Å². The Kier molecular flexibility index (Phi) is 5.36. The molecule has 0 bridgehead atoms. The number of anilines is 1. The van der Waals surface area contributed by atoms with Crippen molar-refractivity contribution >= 4 is 17.6 Å². The Balaban J connectivity index is 2.02. The van der Waals surface area contributed by atoms with Crippen molar-refractivity contribution in [2.24, 2.45) is 0 Å². The Morgan fingerprint density at radius 1 is 0.913 bits per heavy atom. The molecule has 0 heterocycles. The van der Waals surface area contributed by atoms with E-state index in [1.165, 1.54) is 19.2 Å². The molecule has 2 rings (SSSR count). The Labute approximate surface area is 135 Å². The summed E-state index contributed by atoms with van der Waals surface area (Å²) in [6.07, 6.45) is -0.426. The maximum Gasteiger partial charge on any atom is 0.340 e. The smallest absolute Gasteiger partial charge is 0.340 e. The quantitative estimate of drug-likeness (QED) is 0.627. The van der Waals surface area contributed by atoms with E-state index in [1.54, 1.807) is 19.1 Å². The van der Waals surface area contributed by atoms with Gasteiger partial charge in [-0.2, -0.15) is 0 Å². The molecule has 0 saturated heterocycles. The second-order valence-electron chi connectivity index (χ2n) is 5.02. The van der Waals surface area contributed by atoms with E-state index in [1.807, 2.05) is 42.3 Å². The lowest BCUT2D eigenvalue weighted by Crippen LogP contribution is -2.33. The third-order valence-electron chi connectivity index (χ3n) is 3.53. The van der Waals surface area contributed by atoms with E-state index in [4.69, 9.17) is 4.74 Å². The van der Waals surface area contributed by atoms with Gasteiger partial charge < -0.3 is 14.4 Å². The van der Waals surface area contributed by atoms with E-state index in [9.17, 15) is 9.59 Å². The van der Waals surface area contributed by atoms with Gasteiger partial charge in [-0.05, 0) is 43.3 Å². The predicted octanol–water partition coefficient (Wildman–Crippen LogP) is 3.11. The van der Waals surface area contributed by atoms with Crippen LogP contribution in [0, 0.1) is 0 Å². The van der Waals surface area contributed by atoms with Crippen LogP contribution in [0.15, 0.2) is 54.6 Å². The summed E-state index contributed by atoms with van der Waals surface area (Å²) in [4.78, 5) is 25.4. The van der Waals surface area contributed by atoms with Crippen LogP contribution in [0.5, 0.6) is 0 Å². The van der Waals surface area contributed by atoms with Crippen molar-refractivity contribution in [3.05, 3.63) is 65.7 Å². The minimum absolute atomic E-state index is 0.381. The van der Waals surface area contributed by atoms with Crippen LogP contribution < -0.4 is 4.90 Å². The molecule has 5 nitrogen and oxygen atoms in total. The summed E-state index contributed by atoms with van der Waals surface area (Å²) in [5, 5.41) is 0. The number of rotatable bonds is 5. The molecule has 2 aromatic rings. The normalized spacial score (nSPS) is 11.4. The van der Waals surface area contributed by atoms with Crippen LogP contribution in [0.1, 0.15) is 27.6 Å². The van der Waals surface area contributed by atoms with Crippen molar-refractivity contribution in [1.82, 2.24) is 0 Å². The number of carbonyl (C=O) groups excluding carboxylic acids is 2. The highest BCUT2D eigenvalue weighted by molar-refractivity contribution is 5.93. The first-order chi connectivity index (χ1) is 11.0. The van der Waals surface area contributed by atoms with Crippen LogP contribution in [0.2, 0.25) is 0 Å². The van der Waals surface area contributed by atoms with Gasteiger partial charge in [0.2, 0.25) is 0 Å². The molecule has 0 aromatic heterocycles. The molecule has 0 fully saturated rings. The van der Waals surface area contributed by atoms with E-state index in [-0.39, 0.29) is 0 Å². The van der Waals surface area contributed by atoms with E-state index in [0.717, 1.165) is 5.69 Å². The fourth-order valence-electron chi connectivity index (χ4n) is 2.04. The lowest BCUT2D eigenvalue weighted by Gasteiger charge is -2.26. The molecule has 0 N–H and O–H groups in total. The summed E-state index contributed by atoms with van der Waals surface area (Å²) in [6, 6.07) is 15.8. The van der Waals surface area contributed by atoms with E-state index in [0.29, 0.717) is 11.1 Å². The van der Waals surface area contributed by atoms with Crippen LogP contribution in [0.3, 0.4) is 0 Å². The number of nitrogens with zero attached hydrogens (tertiary/aromatic N) is 1. The first kappa shape index (κ1) is 16.5. The van der Waals surface area contributed by atoms with Crippen LogP contribution >= 0.6 is 0 Å². The van der Waals surface area contributed by atoms with Gasteiger partial charge in [0.25, 0.3) is 0 Å². The van der Waals surface area contributed by atoms with E-state index in [2.05, 4.69) is 4.74 Å². The molecule has 1 atom stereocenters. The average molecular weight is 313 g/mol. The van der Waals surface area contributed by atoms with Crippen LogP contribution in [-0.4, -0.2) is 32.3 Å². The highest BCUT2D eigenvalue weighted by atomic mass is 16.6. The molecule has 0 spiro atoms. The number of esters is 2. The first-order valence-corrected chi connectivity index (χ1v) is 7.20. The number of para-hydroxylation sites is 1. The molecule has 0 aliphatic heterocycles. The van der Waals surface area contributed by atoms with Crippen molar-refractivity contribution in [1.29, 1.82) is 0 Å². The molecule has 2 aromatic carbocycles. The number of benzene rings is 2. The maximum absolute atomic E-state index is 12.2. The van der Waals surface area contributed by atoms with Crippen molar-refractivity contribution in [2.45, 2.75) is 13.2 Å². The minimum atomic E-state index is -0.448. The molecule has 0 aliphatic carbocycles. The summed E-state index contributed by atoms with van der Waals surface area (Å²) < 4.78 is 10.1. The highest BCUT2D eigenvalue weighted by Gasteiger charge is 2.16. The highest BCUT2D eigenvalue weighted by Crippen LogP contribution is 2.16. The molecule has 5 heteroatoms. The molecule has 1 unspecified atom stereocenters. The Bertz CT molecular complexity index is 667. The monoisotopic (exact) mass is 313 g/mol. The van der Waals surface area contributed by atoms with Crippen LogP contribution in [0.25, 0.3) is 0 Å². The number of carbonyl (C=O) groups is 2. The molecule has 0 saturated carbocycles. The third kappa shape index (κ3) is 4.10. The minimum Gasteiger partial charge on any atom is -0.465 e. The third-order valence-corrected chi connectivity index (χ3v) is 3.53. The summed E-state index contributed by atoms with van der Waals surface area (Å²) in [6.45, 7) is 1.80. The van der Waals surface area contributed by atoms with Gasteiger partial charge in [0.1, 0.15) is 0 Å². The lowest BCUT2D eigenvalue weighted by atomic mass is 10.1. The van der Waals surface area contributed by atoms with Crippen molar-refractivity contribution < 1.29 is 19.1 Å². The lowest BCUT2D eigenvalue weighted by molar-refractivity contribution is 0.0343. The van der Waals surface area contributed by atoms with Gasteiger partial charge in [0.15, 0.2) is 6.23 Å². The fraction of sp³-hybridized carbons (Fsp3) is 0.222. The first-order valence-electron chi connectivity index (χ1n) is 7.20. The second-order valence-corrected chi connectivity index (χ2v) is 5.02. The molecule has 0 amide bonds. The van der Waals surface area contributed by atoms with Gasteiger partial charge in [0.05, 0.1) is 18.2 Å². The maximum atomic E-state index is 12.2. The van der Waals surface area contributed by atoms with Gasteiger partial charge in [-0.15, -0.1) is 0 Å². The van der Waals surface area contributed by atoms with Gasteiger partial charge in [0, 0.05) is 12.7 Å². The number of hydrogen-bond donors (Lipinski definition) is 0. The van der Waals surface area contributed by atoms with Gasteiger partial charge in [-0.3, -0.25) is 0 Å². The molecule has 23 heavy (non-hydrogen) atoms. The van der Waals surface area contributed by atoms with Crippen molar-refractivity contribution in [3.8, 4) is 0 Å². The molecule has 120 valence electrons. The Morgan fingerprint density at radius 2 is 1.43 bits per heavy atom. The largest absolute Gasteiger partial charge is 0.465 e. The summed E-state index contributed by atoms with van der Waals surface area (Å²) >= 11 is 0. The topological polar surface area (TPSA) is 55.8 Å². The number of methoxy groups -OCH3 is 1. The van der Waals surface area contributed by atoms with Gasteiger partial charge in [-0.1, -0.05) is 18.2 Å². The van der Waals surface area contributed by atoms with E-state index >= 15 is 0 Å². The Morgan fingerprint density at radius 3 is 1.96 bits per heavy atom. The summed E-state index contributed by atoms with van der Waals surface area (Å²) in [5.41, 5.74) is 1.72. The summed E-state index contributed by atoms with van der Waals surface area (Å²) in [7, 11) is 3.17. The van der Waals surface area contributed by atoms with Crippen molar-refractivity contribution in [2.75, 3.05) is 19.1 Å². The average Bonchev–Trinajstić information content (AvgIpc) is 2.61. The zero-order valence-corrected chi connectivity index (χ0v) is 13.4. The summed E-state index contributed by atoms with van der Waals surface area (Å²) in [5.74, 6) is -0.890. The van der Waals surface area contributed by atoms with Gasteiger partial charge >= 0.3 is 11.9 Å². The molecule has 0 radical (unpaired) electrons. The zero-order valence-electron chi connectivity index (χ0n) is 13.4. The Hall–Kier alpha value is -2.82. The zero-order chi connectivity index (χ0) is 16.8. The standard InChI is InChI=1S/C18H19NO4/c1-13(19(2)16-7-5-4-6-8-16)23-18(21)15-11-9-14(10-12-15)17(20)22-3/h4-13H,1-3H3. The molecular formula is C18H19NO4. The molecule has 0 aliphatic rings. The second kappa shape index (κ2) is 7.45. The van der Waals surface area contributed by atoms with E-state index < -0.39 is 18.2 Å². The number of hydrogen-bond acceptors (Lipinski definition) is 5. The van der Waals surface area contributed by atoms with Crippen LogP contribution in [0.4, 0.5) is 5.69 Å². The number of ether oxygens (including phenoxy) is 2. The fourth-order valence-corrected chi connectivity index (χ4v) is 2.04.